The third-order valence-electron chi connectivity index (χ3n) is 3.09. The van der Waals surface area contributed by atoms with E-state index in [1.54, 1.807) is 24.3 Å². The first kappa shape index (κ1) is 11.7. The third-order valence-corrected chi connectivity index (χ3v) is 3.09. The zero-order valence-corrected chi connectivity index (χ0v) is 10.0. The Labute approximate surface area is 109 Å². The Morgan fingerprint density at radius 1 is 1.05 bits per heavy atom. The van der Waals surface area contributed by atoms with Gasteiger partial charge in [-0.2, -0.15) is 0 Å². The first-order valence-corrected chi connectivity index (χ1v) is 5.93. The van der Waals surface area contributed by atoms with Gasteiger partial charge in [-0.1, -0.05) is 0 Å². The van der Waals surface area contributed by atoms with Gasteiger partial charge in [-0.15, -0.1) is 0 Å². The summed E-state index contributed by atoms with van der Waals surface area (Å²) in [5, 5.41) is 18.7. The van der Waals surface area contributed by atoms with Crippen molar-refractivity contribution >= 4 is 5.78 Å². The van der Waals surface area contributed by atoms with E-state index in [0.717, 1.165) is 0 Å². The molecule has 4 heteroatoms. The molecule has 0 saturated carbocycles. The molecule has 19 heavy (non-hydrogen) atoms. The molecule has 1 aliphatic heterocycles. The normalized spacial score (nSPS) is 17.2. The summed E-state index contributed by atoms with van der Waals surface area (Å²) in [5.41, 5.74) is 1.72. The number of hydrogen-bond acceptors (Lipinski definition) is 4. The molecule has 1 saturated heterocycles. The summed E-state index contributed by atoms with van der Waals surface area (Å²) in [6.07, 6.45) is -0.108. The van der Waals surface area contributed by atoms with Gasteiger partial charge in [0.1, 0.15) is 17.6 Å². The third kappa shape index (κ3) is 2.30. The number of ether oxygens (including phenoxy) is 1. The summed E-state index contributed by atoms with van der Waals surface area (Å²) in [6, 6.07) is 10.7. The minimum Gasteiger partial charge on any atom is -0.508 e. The molecule has 1 aliphatic rings. The Kier molecular flexibility index (Phi) is 2.72. The fraction of sp³-hybridized carbons (Fsp3) is 0.133. The number of rotatable bonds is 3. The first-order chi connectivity index (χ1) is 9.15. The summed E-state index contributed by atoms with van der Waals surface area (Å²) >= 11 is 0. The van der Waals surface area contributed by atoms with E-state index in [0.29, 0.717) is 23.3 Å². The number of aromatic hydroxyl groups is 2. The van der Waals surface area contributed by atoms with Crippen molar-refractivity contribution < 1.29 is 19.7 Å². The van der Waals surface area contributed by atoms with Gasteiger partial charge in [0.2, 0.25) is 0 Å². The van der Waals surface area contributed by atoms with Crippen LogP contribution in [0.15, 0.2) is 42.5 Å². The maximum atomic E-state index is 12.4. The number of hydrogen-bond donors (Lipinski definition) is 2. The van der Waals surface area contributed by atoms with Crippen LogP contribution in [0.3, 0.4) is 0 Å². The van der Waals surface area contributed by atoms with Gasteiger partial charge in [-0.3, -0.25) is 4.79 Å². The lowest BCUT2D eigenvalue weighted by atomic mass is 9.96. The maximum Gasteiger partial charge on any atom is 0.193 e. The lowest BCUT2D eigenvalue weighted by molar-refractivity contribution is 0.103. The first-order valence-electron chi connectivity index (χ1n) is 5.93. The van der Waals surface area contributed by atoms with E-state index in [1.807, 2.05) is 0 Å². The van der Waals surface area contributed by atoms with Crippen LogP contribution in [0.5, 0.6) is 11.5 Å². The quantitative estimate of drug-likeness (QED) is 0.653. The highest BCUT2D eigenvalue weighted by atomic mass is 16.6. The Bertz CT molecular complexity index is 627. The SMILES string of the molecule is O=C(c1ccc(O)cc1)c1ccc(O)cc1C1CO1. The van der Waals surface area contributed by atoms with E-state index in [1.165, 1.54) is 18.2 Å². The number of benzene rings is 2. The van der Waals surface area contributed by atoms with E-state index >= 15 is 0 Å². The smallest absolute Gasteiger partial charge is 0.193 e. The Morgan fingerprint density at radius 2 is 1.68 bits per heavy atom. The summed E-state index contributed by atoms with van der Waals surface area (Å²) < 4.78 is 5.19. The standard InChI is InChI=1S/C15H12O4/c16-10-3-1-9(2-4-10)15(18)12-6-5-11(17)7-13(12)14-8-19-14/h1-7,14,16-17H,8H2. The molecule has 2 aromatic rings. The molecule has 1 fully saturated rings. The number of phenolic OH excluding ortho intramolecular Hbond substituents is 2. The van der Waals surface area contributed by atoms with Crippen molar-refractivity contribution in [2.45, 2.75) is 6.10 Å². The van der Waals surface area contributed by atoms with Crippen LogP contribution in [0.25, 0.3) is 0 Å². The second-order valence-electron chi connectivity index (χ2n) is 4.47. The van der Waals surface area contributed by atoms with Gasteiger partial charge in [0.25, 0.3) is 0 Å². The second kappa shape index (κ2) is 4.40. The zero-order chi connectivity index (χ0) is 13.4. The number of epoxide rings is 1. The minimum atomic E-state index is -0.148. The van der Waals surface area contributed by atoms with E-state index in [-0.39, 0.29) is 23.4 Å². The zero-order valence-electron chi connectivity index (χ0n) is 10.0. The number of ketones is 1. The van der Waals surface area contributed by atoms with E-state index in [9.17, 15) is 15.0 Å². The van der Waals surface area contributed by atoms with Crippen LogP contribution in [0, 0.1) is 0 Å². The molecule has 4 nitrogen and oxygen atoms in total. The van der Waals surface area contributed by atoms with Crippen molar-refractivity contribution in [2.24, 2.45) is 0 Å². The van der Waals surface area contributed by atoms with Crippen LogP contribution in [-0.2, 0) is 4.74 Å². The Balaban J connectivity index is 2.01. The molecule has 0 spiro atoms. The number of carbonyl (C=O) groups excluding carboxylic acids is 1. The lowest BCUT2D eigenvalue weighted by Crippen LogP contribution is -2.05. The number of phenols is 2. The molecule has 0 aliphatic carbocycles. The van der Waals surface area contributed by atoms with Gasteiger partial charge in [-0.25, -0.2) is 0 Å². The summed E-state index contributed by atoms with van der Waals surface area (Å²) in [5.74, 6) is 0.0891. The average molecular weight is 256 g/mol. The molecule has 96 valence electrons. The molecule has 0 radical (unpaired) electrons. The van der Waals surface area contributed by atoms with Gasteiger partial charge in [0.15, 0.2) is 5.78 Å². The molecular weight excluding hydrogens is 244 g/mol. The number of carbonyl (C=O) groups is 1. The highest BCUT2D eigenvalue weighted by Gasteiger charge is 2.30. The molecule has 2 N–H and O–H groups in total. The van der Waals surface area contributed by atoms with Gasteiger partial charge < -0.3 is 14.9 Å². The van der Waals surface area contributed by atoms with Crippen LogP contribution in [0.1, 0.15) is 27.6 Å². The van der Waals surface area contributed by atoms with Crippen molar-refractivity contribution in [3.8, 4) is 11.5 Å². The Morgan fingerprint density at radius 3 is 2.32 bits per heavy atom. The lowest BCUT2D eigenvalue weighted by Gasteiger charge is -2.07. The molecule has 0 aromatic heterocycles. The van der Waals surface area contributed by atoms with Crippen LogP contribution >= 0.6 is 0 Å². The van der Waals surface area contributed by atoms with Crippen LogP contribution in [0.2, 0.25) is 0 Å². The predicted octanol–water partition coefficient (Wildman–Crippen LogP) is 2.40. The molecule has 3 rings (SSSR count). The van der Waals surface area contributed by atoms with Crippen LogP contribution in [0.4, 0.5) is 0 Å². The van der Waals surface area contributed by atoms with Gasteiger partial charge >= 0.3 is 0 Å². The summed E-state index contributed by atoms with van der Waals surface area (Å²) in [6.45, 7) is 0.569. The van der Waals surface area contributed by atoms with Crippen molar-refractivity contribution in [1.82, 2.24) is 0 Å². The maximum absolute atomic E-state index is 12.4. The van der Waals surface area contributed by atoms with Gasteiger partial charge in [0.05, 0.1) is 6.61 Å². The van der Waals surface area contributed by atoms with Crippen LogP contribution in [-0.4, -0.2) is 22.6 Å². The molecule has 0 amide bonds. The molecule has 1 heterocycles. The van der Waals surface area contributed by atoms with Gasteiger partial charge in [0, 0.05) is 11.1 Å². The highest BCUT2D eigenvalue weighted by molar-refractivity contribution is 6.10. The van der Waals surface area contributed by atoms with Gasteiger partial charge in [-0.05, 0) is 48.0 Å². The molecule has 1 unspecified atom stereocenters. The second-order valence-corrected chi connectivity index (χ2v) is 4.47. The van der Waals surface area contributed by atoms with E-state index in [2.05, 4.69) is 0 Å². The fourth-order valence-electron chi connectivity index (χ4n) is 2.02. The predicted molar refractivity (Wildman–Crippen MR) is 68.3 cm³/mol. The summed E-state index contributed by atoms with van der Waals surface area (Å²) in [7, 11) is 0. The molecule has 0 bridgehead atoms. The van der Waals surface area contributed by atoms with Crippen LogP contribution < -0.4 is 0 Å². The Hall–Kier alpha value is -2.33. The monoisotopic (exact) mass is 256 g/mol. The minimum absolute atomic E-state index is 0.108. The molecule has 2 aromatic carbocycles. The topological polar surface area (TPSA) is 70.1 Å². The summed E-state index contributed by atoms with van der Waals surface area (Å²) in [4.78, 5) is 12.4. The largest absolute Gasteiger partial charge is 0.508 e. The van der Waals surface area contributed by atoms with Crippen molar-refractivity contribution in [3.63, 3.8) is 0 Å². The highest BCUT2D eigenvalue weighted by Crippen LogP contribution is 2.35. The van der Waals surface area contributed by atoms with Crippen molar-refractivity contribution in [2.75, 3.05) is 6.61 Å². The van der Waals surface area contributed by atoms with E-state index in [4.69, 9.17) is 4.74 Å². The van der Waals surface area contributed by atoms with Crippen molar-refractivity contribution in [3.05, 3.63) is 59.2 Å². The molecular formula is C15H12O4. The molecule has 1 atom stereocenters. The van der Waals surface area contributed by atoms with E-state index < -0.39 is 0 Å². The van der Waals surface area contributed by atoms with Crippen molar-refractivity contribution in [1.29, 1.82) is 0 Å². The average Bonchev–Trinajstić information content (AvgIpc) is 3.23. The fourth-order valence-corrected chi connectivity index (χ4v) is 2.02.